The van der Waals surface area contributed by atoms with Crippen molar-refractivity contribution in [2.45, 2.75) is 6.42 Å². The van der Waals surface area contributed by atoms with E-state index in [-0.39, 0.29) is 5.56 Å². The predicted octanol–water partition coefficient (Wildman–Crippen LogP) is 2.85. The van der Waals surface area contributed by atoms with Crippen molar-refractivity contribution in [1.29, 1.82) is 0 Å². The maximum absolute atomic E-state index is 13.1. The van der Waals surface area contributed by atoms with Crippen LogP contribution in [0.3, 0.4) is 0 Å². The predicted molar refractivity (Wildman–Crippen MR) is 85.7 cm³/mol. The largest absolute Gasteiger partial charge is 0.360 e. The second kappa shape index (κ2) is 6.44. The van der Waals surface area contributed by atoms with E-state index in [1.807, 2.05) is 30.3 Å². The van der Waals surface area contributed by atoms with Crippen molar-refractivity contribution in [1.82, 2.24) is 10.3 Å². The Labute approximate surface area is 132 Å². The van der Waals surface area contributed by atoms with Gasteiger partial charge in [-0.3, -0.25) is 9.59 Å². The van der Waals surface area contributed by atoms with E-state index in [0.29, 0.717) is 23.9 Å². The summed E-state index contributed by atoms with van der Waals surface area (Å²) in [5.41, 5.74) is 1.82. The maximum Gasteiger partial charge on any atom is 0.292 e. The topological polar surface area (TPSA) is 62.0 Å². The van der Waals surface area contributed by atoms with Gasteiger partial charge in [-0.1, -0.05) is 30.3 Å². The number of Topliss-reactive ketones (excluding diaryl/α,β-unsaturated/α-hetero) is 1. The summed E-state index contributed by atoms with van der Waals surface area (Å²) in [6.45, 7) is 0.381. The molecule has 0 atom stereocenters. The molecule has 0 saturated heterocycles. The van der Waals surface area contributed by atoms with Crippen molar-refractivity contribution >= 4 is 22.6 Å². The van der Waals surface area contributed by atoms with Crippen LogP contribution in [-0.4, -0.2) is 23.2 Å². The number of rotatable bonds is 5. The Bertz CT molecular complexity index is 856. The molecule has 3 aromatic rings. The summed E-state index contributed by atoms with van der Waals surface area (Å²) in [4.78, 5) is 27.0. The average molecular weight is 310 g/mol. The van der Waals surface area contributed by atoms with Gasteiger partial charge in [0, 0.05) is 23.6 Å². The first-order valence-corrected chi connectivity index (χ1v) is 7.28. The minimum atomic E-state index is -0.661. The van der Waals surface area contributed by atoms with Gasteiger partial charge < -0.3 is 10.3 Å². The van der Waals surface area contributed by atoms with Gasteiger partial charge in [0.1, 0.15) is 5.82 Å². The fraction of sp³-hybridized carbons (Fsp3) is 0.111. The zero-order valence-electron chi connectivity index (χ0n) is 12.3. The number of ketones is 1. The molecule has 0 saturated carbocycles. The number of H-pyrrole nitrogens is 1. The van der Waals surface area contributed by atoms with E-state index in [1.54, 1.807) is 0 Å². The molecular formula is C18H15FN2O2. The third-order valence-corrected chi connectivity index (χ3v) is 3.64. The first-order chi connectivity index (χ1) is 11.1. The summed E-state index contributed by atoms with van der Waals surface area (Å²) < 4.78 is 13.1. The quantitative estimate of drug-likeness (QED) is 0.562. The van der Waals surface area contributed by atoms with E-state index >= 15 is 0 Å². The average Bonchev–Trinajstić information content (AvgIpc) is 2.98. The van der Waals surface area contributed by atoms with Crippen LogP contribution >= 0.6 is 0 Å². The summed E-state index contributed by atoms with van der Waals surface area (Å²) in [6, 6.07) is 13.7. The molecular weight excluding hydrogens is 295 g/mol. The molecule has 116 valence electrons. The second-order valence-corrected chi connectivity index (χ2v) is 5.21. The van der Waals surface area contributed by atoms with Crippen LogP contribution in [0.15, 0.2) is 54.7 Å². The molecule has 5 heteroatoms. The summed E-state index contributed by atoms with van der Waals surface area (Å²) in [5, 5.41) is 3.16. The number of carbonyl (C=O) groups is 2. The molecule has 2 N–H and O–H groups in total. The van der Waals surface area contributed by atoms with Crippen LogP contribution in [0.25, 0.3) is 10.9 Å². The molecule has 1 heterocycles. The summed E-state index contributed by atoms with van der Waals surface area (Å²) >= 11 is 0. The van der Waals surface area contributed by atoms with Gasteiger partial charge in [0.25, 0.3) is 11.7 Å². The lowest BCUT2D eigenvalue weighted by Gasteiger charge is -2.04. The zero-order valence-corrected chi connectivity index (χ0v) is 12.3. The Morgan fingerprint density at radius 1 is 1.09 bits per heavy atom. The zero-order chi connectivity index (χ0) is 16.2. The smallest absolute Gasteiger partial charge is 0.292 e. The van der Waals surface area contributed by atoms with Gasteiger partial charge in [-0.2, -0.15) is 0 Å². The molecule has 0 bridgehead atoms. The van der Waals surface area contributed by atoms with Gasteiger partial charge in [0.15, 0.2) is 0 Å². The highest BCUT2D eigenvalue weighted by atomic mass is 19.1. The van der Waals surface area contributed by atoms with Crippen molar-refractivity contribution in [2.24, 2.45) is 0 Å². The minimum Gasteiger partial charge on any atom is -0.360 e. The Hall–Kier alpha value is -2.95. The molecule has 4 nitrogen and oxygen atoms in total. The van der Waals surface area contributed by atoms with Crippen LogP contribution in [0.5, 0.6) is 0 Å². The fourth-order valence-electron chi connectivity index (χ4n) is 2.45. The number of carbonyl (C=O) groups excluding carboxylic acids is 2. The summed E-state index contributed by atoms with van der Waals surface area (Å²) in [6.07, 6.45) is 2.09. The van der Waals surface area contributed by atoms with E-state index < -0.39 is 17.5 Å². The molecule has 0 fully saturated rings. The van der Waals surface area contributed by atoms with Gasteiger partial charge in [-0.05, 0) is 30.2 Å². The van der Waals surface area contributed by atoms with E-state index in [1.165, 1.54) is 24.4 Å². The Morgan fingerprint density at radius 2 is 1.87 bits per heavy atom. The third-order valence-electron chi connectivity index (χ3n) is 3.64. The molecule has 1 aromatic heterocycles. The number of amides is 1. The second-order valence-electron chi connectivity index (χ2n) is 5.21. The lowest BCUT2D eigenvalue weighted by atomic mass is 10.1. The first kappa shape index (κ1) is 15.0. The maximum atomic E-state index is 13.1. The summed E-state index contributed by atoms with van der Waals surface area (Å²) in [7, 11) is 0. The fourth-order valence-corrected chi connectivity index (χ4v) is 2.45. The molecule has 0 aliphatic rings. The standard InChI is InChI=1S/C18H15FN2O2/c19-13-6-7-14-15(11-21-16(14)10-13)17(22)18(23)20-9-8-12-4-2-1-3-5-12/h1-7,10-11,21H,8-9H2,(H,20,23). The number of nitrogens with one attached hydrogen (secondary N) is 2. The highest BCUT2D eigenvalue weighted by molar-refractivity contribution is 6.44. The number of benzene rings is 2. The van der Waals surface area contributed by atoms with E-state index in [9.17, 15) is 14.0 Å². The van der Waals surface area contributed by atoms with Gasteiger partial charge in [-0.15, -0.1) is 0 Å². The molecule has 0 aliphatic carbocycles. The number of aromatic nitrogens is 1. The molecule has 2 aromatic carbocycles. The number of hydrogen-bond donors (Lipinski definition) is 2. The van der Waals surface area contributed by atoms with E-state index in [2.05, 4.69) is 10.3 Å². The van der Waals surface area contributed by atoms with Crippen LogP contribution in [0, 0.1) is 5.82 Å². The van der Waals surface area contributed by atoms with Gasteiger partial charge in [0.05, 0.1) is 5.56 Å². The van der Waals surface area contributed by atoms with Crippen LogP contribution in [0.4, 0.5) is 4.39 Å². The molecule has 0 unspecified atom stereocenters. The number of hydrogen-bond acceptors (Lipinski definition) is 2. The van der Waals surface area contributed by atoms with E-state index in [4.69, 9.17) is 0 Å². The van der Waals surface area contributed by atoms with Gasteiger partial charge in [-0.25, -0.2) is 4.39 Å². The molecule has 1 amide bonds. The first-order valence-electron chi connectivity index (χ1n) is 7.28. The van der Waals surface area contributed by atoms with Crippen molar-refractivity contribution in [3.8, 4) is 0 Å². The molecule has 0 aliphatic heterocycles. The third kappa shape index (κ3) is 3.29. The molecule has 3 rings (SSSR count). The van der Waals surface area contributed by atoms with Crippen LogP contribution in [0.2, 0.25) is 0 Å². The Kier molecular flexibility index (Phi) is 4.19. The normalized spacial score (nSPS) is 10.7. The monoisotopic (exact) mass is 310 g/mol. The molecule has 23 heavy (non-hydrogen) atoms. The Morgan fingerprint density at radius 3 is 2.65 bits per heavy atom. The SMILES string of the molecule is O=C(NCCc1ccccc1)C(=O)c1c[nH]c2cc(F)ccc12. The number of aromatic amines is 1. The van der Waals surface area contributed by atoms with Gasteiger partial charge >= 0.3 is 0 Å². The van der Waals surface area contributed by atoms with Gasteiger partial charge in [0.2, 0.25) is 0 Å². The van der Waals surface area contributed by atoms with Crippen LogP contribution in [-0.2, 0) is 11.2 Å². The highest BCUT2D eigenvalue weighted by Crippen LogP contribution is 2.19. The van der Waals surface area contributed by atoms with Crippen molar-refractivity contribution in [3.63, 3.8) is 0 Å². The minimum absolute atomic E-state index is 0.247. The van der Waals surface area contributed by atoms with Crippen LogP contribution in [0.1, 0.15) is 15.9 Å². The number of fused-ring (bicyclic) bond motifs is 1. The van der Waals surface area contributed by atoms with Crippen molar-refractivity contribution in [3.05, 3.63) is 71.7 Å². The molecule has 0 spiro atoms. The number of halogens is 1. The van der Waals surface area contributed by atoms with E-state index in [0.717, 1.165) is 5.56 Å². The lowest BCUT2D eigenvalue weighted by molar-refractivity contribution is -0.116. The van der Waals surface area contributed by atoms with Crippen molar-refractivity contribution < 1.29 is 14.0 Å². The summed E-state index contributed by atoms with van der Waals surface area (Å²) in [5.74, 6) is -1.69. The van der Waals surface area contributed by atoms with Crippen LogP contribution < -0.4 is 5.32 Å². The highest BCUT2D eigenvalue weighted by Gasteiger charge is 2.19. The Balaban J connectivity index is 1.66. The lowest BCUT2D eigenvalue weighted by Crippen LogP contribution is -2.32. The molecule has 0 radical (unpaired) electrons. The van der Waals surface area contributed by atoms with Crippen molar-refractivity contribution in [2.75, 3.05) is 6.54 Å².